The van der Waals surface area contributed by atoms with Gasteiger partial charge in [0.2, 0.25) is 41.4 Å². The molecule has 2 aliphatic heterocycles. The molecule has 0 bridgehead atoms. The van der Waals surface area contributed by atoms with Crippen LogP contribution in [0.15, 0.2) is 42.0 Å². The number of carbonyl (C=O) groups is 8. The number of allylic oxidation sites excluding steroid dienone is 1. The third-order valence-electron chi connectivity index (χ3n) is 16.2. The number of benzene rings is 1. The van der Waals surface area contributed by atoms with Crippen molar-refractivity contribution in [3.8, 4) is 0 Å². The van der Waals surface area contributed by atoms with Crippen LogP contribution in [0, 0.1) is 34.5 Å². The van der Waals surface area contributed by atoms with Crippen LogP contribution >= 0.6 is 0 Å². The van der Waals surface area contributed by atoms with Gasteiger partial charge < -0.3 is 66.6 Å². The van der Waals surface area contributed by atoms with Crippen molar-refractivity contribution >= 4 is 47.4 Å². The Morgan fingerprint density at radius 2 is 1.43 bits per heavy atom. The van der Waals surface area contributed by atoms with Gasteiger partial charge in [0.05, 0.1) is 37.8 Å². The molecule has 2 heterocycles. The molecule has 2 saturated heterocycles. The number of nitrogens with one attached hydrogen (secondary N) is 8. The maximum atomic E-state index is 14.0. The molecule has 9 N–H and O–H groups in total. The van der Waals surface area contributed by atoms with Crippen molar-refractivity contribution in [1.29, 1.82) is 0 Å². The quantitative estimate of drug-likeness (QED) is 0.0254. The van der Waals surface area contributed by atoms with Crippen LogP contribution in [0.1, 0.15) is 153 Å². The van der Waals surface area contributed by atoms with E-state index in [-0.39, 0.29) is 98.6 Å². The zero-order chi connectivity index (χ0) is 61.0. The molecular weight excluding hydrogens is 1050 g/mol. The summed E-state index contributed by atoms with van der Waals surface area (Å²) in [6.45, 7) is 23.4. The average molecular weight is 1150 g/mol. The molecule has 0 radical (unpaired) electrons. The maximum absolute atomic E-state index is 14.0. The van der Waals surface area contributed by atoms with Gasteiger partial charge in [0.1, 0.15) is 35.5 Å². The van der Waals surface area contributed by atoms with Gasteiger partial charge in [-0.05, 0) is 102 Å². The number of alkyl carbamates (subject to hydrolysis) is 1. The summed E-state index contributed by atoms with van der Waals surface area (Å²) in [5.41, 5.74) is -0.844. The van der Waals surface area contributed by atoms with E-state index in [1.165, 1.54) is 5.57 Å². The molecule has 1 aromatic carbocycles. The molecule has 0 aromatic heterocycles. The lowest BCUT2D eigenvalue weighted by atomic mass is 9.64. The zero-order valence-corrected chi connectivity index (χ0v) is 51.3. The Labute approximate surface area is 487 Å². The zero-order valence-electron chi connectivity index (χ0n) is 51.3. The first kappa shape index (κ1) is 68.9. The van der Waals surface area contributed by atoms with E-state index >= 15 is 0 Å². The van der Waals surface area contributed by atoms with Gasteiger partial charge in [-0.2, -0.15) is 0 Å². The van der Waals surface area contributed by atoms with E-state index in [0.717, 1.165) is 18.4 Å². The second-order valence-corrected chi connectivity index (χ2v) is 25.1. The first-order chi connectivity index (χ1) is 38.6. The summed E-state index contributed by atoms with van der Waals surface area (Å²) in [5, 5.41) is 31.8. The number of methoxy groups -OCH3 is 1. The van der Waals surface area contributed by atoms with Crippen molar-refractivity contribution < 1.29 is 62.4 Å². The van der Waals surface area contributed by atoms with E-state index in [9.17, 15) is 43.5 Å². The second kappa shape index (κ2) is 31.9. The number of ether oxygens (including phenoxy) is 4. The van der Waals surface area contributed by atoms with Crippen molar-refractivity contribution in [2.24, 2.45) is 34.5 Å². The highest BCUT2D eigenvalue weighted by Gasteiger charge is 2.72. The minimum Gasteiger partial charge on any atom is -0.443 e. The van der Waals surface area contributed by atoms with Crippen LogP contribution in [0.5, 0.6) is 0 Å². The number of epoxide rings is 2. The molecule has 21 nitrogen and oxygen atoms in total. The summed E-state index contributed by atoms with van der Waals surface area (Å²) < 4.78 is 24.2. The molecule has 3 aliphatic rings. The van der Waals surface area contributed by atoms with E-state index in [1.54, 1.807) is 45.2 Å². The van der Waals surface area contributed by atoms with E-state index in [2.05, 4.69) is 69.4 Å². The molecule has 3 fully saturated rings. The van der Waals surface area contributed by atoms with E-state index in [4.69, 9.17) is 18.9 Å². The molecule has 21 heteroatoms. The molecule has 11 atom stereocenters. The van der Waals surface area contributed by atoms with Gasteiger partial charge in [-0.1, -0.05) is 104 Å². The summed E-state index contributed by atoms with van der Waals surface area (Å²) in [7, 11) is 1.64. The molecule has 1 saturated carbocycles. The number of unbranched alkanes of at least 4 members (excludes halogenated alkanes) is 2. The molecule has 1 aromatic rings. The van der Waals surface area contributed by atoms with Crippen LogP contribution in [0.25, 0.3) is 0 Å². The summed E-state index contributed by atoms with van der Waals surface area (Å²) in [6, 6.07) is 6.80. The molecule has 4 rings (SSSR count). The van der Waals surface area contributed by atoms with Crippen LogP contribution in [-0.2, 0) is 58.9 Å². The fourth-order valence-electron chi connectivity index (χ4n) is 11.5. The predicted octanol–water partition coefficient (Wildman–Crippen LogP) is 4.67. The number of amides is 8. The largest absolute Gasteiger partial charge is 0.443 e. The van der Waals surface area contributed by atoms with Crippen molar-refractivity contribution in [1.82, 2.24) is 42.5 Å². The Balaban J connectivity index is 1.18. The monoisotopic (exact) mass is 1150 g/mol. The first-order valence-electron chi connectivity index (χ1n) is 29.7. The van der Waals surface area contributed by atoms with Crippen LogP contribution in [0.3, 0.4) is 0 Å². The van der Waals surface area contributed by atoms with Gasteiger partial charge in [-0.3, -0.25) is 33.6 Å². The van der Waals surface area contributed by atoms with Crippen molar-refractivity contribution in [3.05, 3.63) is 47.5 Å². The van der Waals surface area contributed by atoms with Crippen LogP contribution in [0.4, 0.5) is 4.79 Å². The minimum atomic E-state index is -1.15. The SMILES string of the molecule is COC1C(OC(=O)NCCCCCC(=O)NCCNC(=O)CNC(=O)[C@H](CC(C)C)NC(=O)[C@H](Cc2ccccc2)NC(=O)CNC(=O)C(C)(CC(C)(CC(C)C)C(=O)NCC(C)O)C(C)C)CC[C@]2(CO2)C1C1(C)O[C@@H]1CC=C(C)C. The van der Waals surface area contributed by atoms with Crippen molar-refractivity contribution in [2.45, 2.75) is 201 Å². The van der Waals surface area contributed by atoms with E-state index in [0.29, 0.717) is 45.3 Å². The first-order valence-corrected chi connectivity index (χ1v) is 29.7. The van der Waals surface area contributed by atoms with Crippen molar-refractivity contribution in [2.75, 3.05) is 53.0 Å². The fourth-order valence-corrected chi connectivity index (χ4v) is 11.5. The molecular formula is C61H100N8O13. The average Bonchev–Trinajstić information content (AvgIpc) is 4.34. The molecule has 1 spiro atoms. The lowest BCUT2D eigenvalue weighted by Gasteiger charge is -2.42. The lowest BCUT2D eigenvalue weighted by molar-refractivity contribution is -0.142. The number of aliphatic hydroxyl groups excluding tert-OH is 1. The Hall–Kier alpha value is -5.64. The number of carbonyl (C=O) groups excluding carboxylic acids is 8. The van der Waals surface area contributed by atoms with Gasteiger partial charge in [0.15, 0.2) is 0 Å². The van der Waals surface area contributed by atoms with Gasteiger partial charge >= 0.3 is 6.09 Å². The summed E-state index contributed by atoms with van der Waals surface area (Å²) in [5.74, 6) is -3.55. The summed E-state index contributed by atoms with van der Waals surface area (Å²) in [4.78, 5) is 107. The number of rotatable bonds is 35. The van der Waals surface area contributed by atoms with Crippen LogP contribution in [-0.4, -0.2) is 153 Å². The minimum absolute atomic E-state index is 0.0501. The Morgan fingerprint density at radius 3 is 2.02 bits per heavy atom. The number of hydrogen-bond donors (Lipinski definition) is 9. The molecule has 1 aliphatic carbocycles. The van der Waals surface area contributed by atoms with Gasteiger partial charge in [-0.25, -0.2) is 4.79 Å². The van der Waals surface area contributed by atoms with Crippen LogP contribution in [0.2, 0.25) is 0 Å². The van der Waals surface area contributed by atoms with Gasteiger partial charge in [-0.15, -0.1) is 0 Å². The highest BCUT2D eigenvalue weighted by Crippen LogP contribution is 2.59. The molecule has 7 unspecified atom stereocenters. The maximum Gasteiger partial charge on any atom is 0.407 e. The van der Waals surface area contributed by atoms with Crippen molar-refractivity contribution in [3.63, 3.8) is 0 Å². The Kier molecular flexibility index (Phi) is 26.8. The highest BCUT2D eigenvalue weighted by atomic mass is 16.6. The number of aliphatic hydroxyl groups is 1. The van der Waals surface area contributed by atoms with Crippen LogP contribution < -0.4 is 42.5 Å². The standard InChI is InChI=1S/C61H100N8O13/c1-38(2)23-24-47-60(12,82-47)52-51(79-13)46(25-26-61(52)37-80-61)81-57(78)64-27-19-15-18-22-48(71)62-28-29-63-49(72)34-65-53(74)44(30-39(3)4)69-54(75)45(31-43-20-16-14-17-21-43)68-50(73)35-67-56(77)59(11,41(7)8)36-58(10,32-40(5)6)55(76)66-33-42(9)70/h14,16-17,20-21,23,39-42,44-47,51-52,70H,15,18-19,22,24-37H2,1-13H3,(H,62,71)(H,63,72)(H,64,78)(H,65,74)(H,66,76)(H,67,77)(H,68,73)(H,69,75)/t42?,44-,45-,46?,47+,51?,52?,58?,59?,60?,61-/m0/s1. The number of hydrogen-bond acceptors (Lipinski definition) is 13. The highest BCUT2D eigenvalue weighted by molar-refractivity contribution is 5.95. The third-order valence-corrected chi connectivity index (χ3v) is 16.2. The molecule has 8 amide bonds. The Morgan fingerprint density at radius 1 is 0.768 bits per heavy atom. The smallest absolute Gasteiger partial charge is 0.407 e. The normalized spacial score (nSPS) is 23.4. The topological polar surface area (TPSA) is 297 Å². The molecule has 462 valence electrons. The predicted molar refractivity (Wildman–Crippen MR) is 312 cm³/mol. The Bertz CT molecular complexity index is 2320. The fraction of sp³-hybridized carbons (Fsp3) is 0.738. The third kappa shape index (κ3) is 21.2. The van der Waals surface area contributed by atoms with Gasteiger partial charge in [0.25, 0.3) is 0 Å². The van der Waals surface area contributed by atoms with Gasteiger partial charge in [0, 0.05) is 57.0 Å². The van der Waals surface area contributed by atoms with E-state index < -0.39 is 89.4 Å². The second-order valence-electron chi connectivity index (χ2n) is 25.1. The lowest BCUT2D eigenvalue weighted by Crippen LogP contribution is -2.56. The summed E-state index contributed by atoms with van der Waals surface area (Å²) >= 11 is 0. The molecule has 82 heavy (non-hydrogen) atoms. The summed E-state index contributed by atoms with van der Waals surface area (Å²) in [6.07, 6.45) is 5.45. The van der Waals surface area contributed by atoms with E-state index in [1.807, 2.05) is 54.5 Å².